The minimum absolute atomic E-state index is 0.0963. The van der Waals surface area contributed by atoms with Gasteiger partial charge in [-0.3, -0.25) is 4.79 Å². The van der Waals surface area contributed by atoms with Crippen molar-refractivity contribution < 1.29 is 14.6 Å². The summed E-state index contributed by atoms with van der Waals surface area (Å²) in [5, 5.41) is 10.5. The Morgan fingerprint density at radius 3 is 2.71 bits per heavy atom. The molecule has 1 aromatic rings. The number of carbonyl (C=O) groups is 1. The Labute approximate surface area is 143 Å². The van der Waals surface area contributed by atoms with Crippen molar-refractivity contribution >= 4 is 5.91 Å². The SMILES string of the molecule is NCC1(C(=O)N2CCCC2CC(O)c2ccccc2)CCOCC1. The van der Waals surface area contributed by atoms with Gasteiger partial charge in [-0.1, -0.05) is 30.3 Å². The molecule has 5 nitrogen and oxygen atoms in total. The fraction of sp³-hybridized carbons (Fsp3) is 0.632. The van der Waals surface area contributed by atoms with Crippen LogP contribution in [0.25, 0.3) is 0 Å². The van der Waals surface area contributed by atoms with E-state index in [9.17, 15) is 9.90 Å². The first-order valence-electron chi connectivity index (χ1n) is 8.98. The lowest BCUT2D eigenvalue weighted by molar-refractivity contribution is -0.148. The lowest BCUT2D eigenvalue weighted by atomic mass is 9.78. The monoisotopic (exact) mass is 332 g/mol. The van der Waals surface area contributed by atoms with Gasteiger partial charge in [-0.15, -0.1) is 0 Å². The topological polar surface area (TPSA) is 75.8 Å². The van der Waals surface area contributed by atoms with Gasteiger partial charge in [0.1, 0.15) is 0 Å². The van der Waals surface area contributed by atoms with Crippen molar-refractivity contribution in [3.05, 3.63) is 35.9 Å². The Kier molecular flexibility index (Phi) is 5.54. The summed E-state index contributed by atoms with van der Waals surface area (Å²) >= 11 is 0. The fourth-order valence-electron chi connectivity index (χ4n) is 3.99. The maximum atomic E-state index is 13.2. The fourth-order valence-corrected chi connectivity index (χ4v) is 3.99. The quantitative estimate of drug-likeness (QED) is 0.863. The van der Waals surface area contributed by atoms with Crippen molar-refractivity contribution in [3.63, 3.8) is 0 Å². The van der Waals surface area contributed by atoms with E-state index in [0.717, 1.165) is 24.9 Å². The van der Waals surface area contributed by atoms with E-state index in [2.05, 4.69) is 0 Å². The molecule has 0 spiro atoms. The summed E-state index contributed by atoms with van der Waals surface area (Å²) in [4.78, 5) is 15.2. The Morgan fingerprint density at radius 2 is 2.04 bits per heavy atom. The van der Waals surface area contributed by atoms with Crippen LogP contribution in [-0.2, 0) is 9.53 Å². The number of amides is 1. The van der Waals surface area contributed by atoms with Crippen molar-refractivity contribution in [2.75, 3.05) is 26.3 Å². The Morgan fingerprint density at radius 1 is 1.33 bits per heavy atom. The zero-order chi connectivity index (χ0) is 17.0. The summed E-state index contributed by atoms with van der Waals surface area (Å²) in [6.45, 7) is 2.36. The molecule has 2 atom stereocenters. The molecule has 1 amide bonds. The van der Waals surface area contributed by atoms with Crippen LogP contribution >= 0.6 is 0 Å². The van der Waals surface area contributed by atoms with Crippen LogP contribution in [0.3, 0.4) is 0 Å². The smallest absolute Gasteiger partial charge is 0.230 e. The third-order valence-corrected chi connectivity index (χ3v) is 5.61. The molecule has 2 unspecified atom stereocenters. The van der Waals surface area contributed by atoms with Gasteiger partial charge >= 0.3 is 0 Å². The number of ether oxygens (including phenoxy) is 1. The highest BCUT2D eigenvalue weighted by molar-refractivity contribution is 5.83. The lowest BCUT2D eigenvalue weighted by Gasteiger charge is -2.40. The van der Waals surface area contributed by atoms with E-state index < -0.39 is 11.5 Å². The normalized spacial score (nSPS) is 24.8. The molecule has 0 aliphatic carbocycles. The first kappa shape index (κ1) is 17.4. The third kappa shape index (κ3) is 3.48. The standard InChI is InChI=1S/C19H28N2O3/c20-14-19(8-11-24-12-9-19)18(23)21-10-4-7-16(21)13-17(22)15-5-2-1-3-6-15/h1-3,5-6,16-17,22H,4,7-14,20H2. The number of likely N-dealkylation sites (tertiary alicyclic amines) is 1. The number of aliphatic hydroxyl groups excluding tert-OH is 1. The van der Waals surface area contributed by atoms with Crippen LogP contribution in [0.2, 0.25) is 0 Å². The van der Waals surface area contributed by atoms with Crippen LogP contribution in [0.5, 0.6) is 0 Å². The minimum Gasteiger partial charge on any atom is -0.388 e. The summed E-state index contributed by atoms with van der Waals surface area (Å²) in [5.74, 6) is 0.163. The molecule has 132 valence electrons. The highest BCUT2D eigenvalue weighted by Crippen LogP contribution is 2.36. The second-order valence-corrected chi connectivity index (χ2v) is 7.05. The van der Waals surface area contributed by atoms with Crippen molar-refractivity contribution in [1.29, 1.82) is 0 Å². The van der Waals surface area contributed by atoms with Crippen molar-refractivity contribution in [2.45, 2.75) is 44.2 Å². The van der Waals surface area contributed by atoms with Crippen LogP contribution in [0.4, 0.5) is 0 Å². The molecule has 3 rings (SSSR count). The molecule has 2 aliphatic rings. The number of nitrogens with two attached hydrogens (primary N) is 1. The summed E-state index contributed by atoms with van der Waals surface area (Å²) < 4.78 is 5.42. The number of benzene rings is 1. The maximum absolute atomic E-state index is 13.2. The first-order valence-corrected chi connectivity index (χ1v) is 8.98. The van der Waals surface area contributed by atoms with E-state index in [-0.39, 0.29) is 11.9 Å². The van der Waals surface area contributed by atoms with Crippen molar-refractivity contribution in [3.8, 4) is 0 Å². The highest BCUT2D eigenvalue weighted by atomic mass is 16.5. The zero-order valence-corrected chi connectivity index (χ0v) is 14.2. The van der Waals surface area contributed by atoms with E-state index in [1.165, 1.54) is 0 Å². The summed E-state index contributed by atoms with van der Waals surface area (Å²) in [5.41, 5.74) is 6.43. The molecule has 0 bridgehead atoms. The van der Waals surface area contributed by atoms with Gasteiger partial charge in [0.05, 0.1) is 11.5 Å². The molecule has 24 heavy (non-hydrogen) atoms. The van der Waals surface area contributed by atoms with Crippen LogP contribution in [0.1, 0.15) is 43.8 Å². The predicted molar refractivity (Wildman–Crippen MR) is 92.3 cm³/mol. The summed E-state index contributed by atoms with van der Waals surface area (Å²) in [6.07, 6.45) is 3.40. The van der Waals surface area contributed by atoms with Crippen LogP contribution in [0, 0.1) is 5.41 Å². The molecule has 2 saturated heterocycles. The van der Waals surface area contributed by atoms with Gasteiger partial charge in [-0.05, 0) is 37.7 Å². The molecule has 1 aromatic carbocycles. The molecule has 0 saturated carbocycles. The number of aliphatic hydroxyl groups is 1. The third-order valence-electron chi connectivity index (χ3n) is 5.61. The maximum Gasteiger partial charge on any atom is 0.230 e. The first-order chi connectivity index (χ1) is 11.7. The molecule has 3 N–H and O–H groups in total. The van der Waals surface area contributed by atoms with Gasteiger partial charge in [-0.2, -0.15) is 0 Å². The summed E-state index contributed by atoms with van der Waals surface area (Å²) in [6, 6.07) is 9.78. The zero-order valence-electron chi connectivity index (χ0n) is 14.2. The molecule has 5 heteroatoms. The average molecular weight is 332 g/mol. The molecule has 0 aromatic heterocycles. The second kappa shape index (κ2) is 7.64. The largest absolute Gasteiger partial charge is 0.388 e. The van der Waals surface area contributed by atoms with E-state index in [1.807, 2.05) is 35.2 Å². The van der Waals surface area contributed by atoms with Gasteiger partial charge in [0.15, 0.2) is 0 Å². The molecular formula is C19H28N2O3. The summed E-state index contributed by atoms with van der Waals surface area (Å²) in [7, 11) is 0. The average Bonchev–Trinajstić information content (AvgIpc) is 3.10. The number of hydrogen-bond acceptors (Lipinski definition) is 4. The number of hydrogen-bond donors (Lipinski definition) is 2. The van der Waals surface area contributed by atoms with E-state index in [1.54, 1.807) is 0 Å². The van der Waals surface area contributed by atoms with Gasteiger partial charge in [0.2, 0.25) is 5.91 Å². The molecule has 0 radical (unpaired) electrons. The van der Waals surface area contributed by atoms with Crippen LogP contribution < -0.4 is 5.73 Å². The molecule has 2 heterocycles. The van der Waals surface area contributed by atoms with Gasteiger partial charge in [0.25, 0.3) is 0 Å². The van der Waals surface area contributed by atoms with E-state index in [0.29, 0.717) is 39.0 Å². The number of carbonyl (C=O) groups excluding carboxylic acids is 1. The lowest BCUT2D eigenvalue weighted by Crippen LogP contribution is -2.52. The van der Waals surface area contributed by atoms with E-state index >= 15 is 0 Å². The second-order valence-electron chi connectivity index (χ2n) is 7.05. The van der Waals surface area contributed by atoms with E-state index in [4.69, 9.17) is 10.5 Å². The molecule has 2 aliphatic heterocycles. The molecule has 2 fully saturated rings. The van der Waals surface area contributed by atoms with Crippen LogP contribution in [0.15, 0.2) is 30.3 Å². The Bertz CT molecular complexity index is 543. The van der Waals surface area contributed by atoms with Gasteiger partial charge in [-0.25, -0.2) is 0 Å². The Balaban J connectivity index is 1.69. The molecular weight excluding hydrogens is 304 g/mol. The minimum atomic E-state index is -0.534. The highest BCUT2D eigenvalue weighted by Gasteiger charge is 2.44. The van der Waals surface area contributed by atoms with Gasteiger partial charge in [0, 0.05) is 32.3 Å². The number of nitrogens with zero attached hydrogens (tertiary/aromatic N) is 1. The number of rotatable bonds is 5. The van der Waals surface area contributed by atoms with Crippen LogP contribution in [-0.4, -0.2) is 48.3 Å². The Hall–Kier alpha value is -1.43. The van der Waals surface area contributed by atoms with Crippen molar-refractivity contribution in [2.24, 2.45) is 11.1 Å². The van der Waals surface area contributed by atoms with Crippen molar-refractivity contribution in [1.82, 2.24) is 4.90 Å². The van der Waals surface area contributed by atoms with Gasteiger partial charge < -0.3 is 20.5 Å². The predicted octanol–water partition coefficient (Wildman–Crippen LogP) is 1.86.